The van der Waals surface area contributed by atoms with Gasteiger partial charge in [-0.05, 0) is 56.9 Å². The summed E-state index contributed by atoms with van der Waals surface area (Å²) in [6, 6.07) is 17.0. The summed E-state index contributed by atoms with van der Waals surface area (Å²) >= 11 is 0. The first-order valence-electron chi connectivity index (χ1n) is 13.0. The van der Waals surface area contributed by atoms with Gasteiger partial charge in [-0.3, -0.25) is 4.90 Å². The Morgan fingerprint density at radius 1 is 0.923 bits per heavy atom. The fraction of sp³-hybridized carbons (Fsp3) is 0.414. The molecule has 2 heterocycles. The molecule has 7 nitrogen and oxygen atoms in total. The number of nitrogens with zero attached hydrogens (tertiary/aromatic N) is 4. The first-order chi connectivity index (χ1) is 18.5. The predicted octanol–water partition coefficient (Wildman–Crippen LogP) is 6.08. The zero-order chi connectivity index (χ0) is 28.0. The Hall–Kier alpha value is -3.66. The molecule has 1 amide bonds. The Bertz CT molecular complexity index is 1240. The SMILES string of the molecule is CC(C)(C)OC(=O)N1CCN(Cc2ccc(Nc3ncc(C(F)(F)F)c(CCc4ccccc4)n3)cc2)CC1. The van der Waals surface area contributed by atoms with E-state index in [1.165, 1.54) is 0 Å². The van der Waals surface area contributed by atoms with E-state index in [-0.39, 0.29) is 24.2 Å². The van der Waals surface area contributed by atoms with Crippen molar-refractivity contribution in [2.75, 3.05) is 31.5 Å². The molecule has 0 aliphatic carbocycles. The van der Waals surface area contributed by atoms with Gasteiger partial charge in [0, 0.05) is 44.6 Å². The molecule has 1 aliphatic heterocycles. The second kappa shape index (κ2) is 12.0. The van der Waals surface area contributed by atoms with E-state index < -0.39 is 17.3 Å². The Morgan fingerprint density at radius 2 is 1.59 bits per heavy atom. The average molecular weight is 542 g/mol. The Morgan fingerprint density at radius 3 is 2.21 bits per heavy atom. The molecule has 0 spiro atoms. The lowest BCUT2D eigenvalue weighted by Crippen LogP contribution is -2.49. The Labute approximate surface area is 227 Å². The van der Waals surface area contributed by atoms with Crippen LogP contribution in [0.2, 0.25) is 0 Å². The van der Waals surface area contributed by atoms with Crippen LogP contribution in [0, 0.1) is 0 Å². The molecule has 0 radical (unpaired) electrons. The quantitative estimate of drug-likeness (QED) is 0.391. The van der Waals surface area contributed by atoms with Crippen molar-refractivity contribution in [2.45, 2.75) is 51.9 Å². The normalized spacial score (nSPS) is 14.8. The monoisotopic (exact) mass is 541 g/mol. The molecule has 208 valence electrons. The second-order valence-electron chi connectivity index (χ2n) is 10.6. The predicted molar refractivity (Wildman–Crippen MR) is 144 cm³/mol. The van der Waals surface area contributed by atoms with Gasteiger partial charge in [-0.1, -0.05) is 42.5 Å². The zero-order valence-electron chi connectivity index (χ0n) is 22.5. The molecule has 1 fully saturated rings. The van der Waals surface area contributed by atoms with Crippen LogP contribution < -0.4 is 5.32 Å². The van der Waals surface area contributed by atoms with Gasteiger partial charge in [-0.25, -0.2) is 14.8 Å². The summed E-state index contributed by atoms with van der Waals surface area (Å²) in [5, 5.41) is 3.03. The molecule has 39 heavy (non-hydrogen) atoms. The summed E-state index contributed by atoms with van der Waals surface area (Å²) in [5.41, 5.74) is 1.35. The number of amides is 1. The van der Waals surface area contributed by atoms with E-state index in [1.54, 1.807) is 4.90 Å². The number of anilines is 2. The second-order valence-corrected chi connectivity index (χ2v) is 10.6. The lowest BCUT2D eigenvalue weighted by Gasteiger charge is -2.35. The van der Waals surface area contributed by atoms with Gasteiger partial charge in [-0.15, -0.1) is 0 Å². The average Bonchev–Trinajstić information content (AvgIpc) is 2.88. The van der Waals surface area contributed by atoms with Crippen molar-refractivity contribution in [1.82, 2.24) is 19.8 Å². The van der Waals surface area contributed by atoms with Crippen molar-refractivity contribution in [3.05, 3.63) is 83.2 Å². The molecule has 4 rings (SSSR count). The van der Waals surface area contributed by atoms with Gasteiger partial charge in [0.15, 0.2) is 0 Å². The highest BCUT2D eigenvalue weighted by Crippen LogP contribution is 2.32. The van der Waals surface area contributed by atoms with Gasteiger partial charge in [-0.2, -0.15) is 13.2 Å². The highest BCUT2D eigenvalue weighted by molar-refractivity contribution is 5.68. The molecule has 0 saturated carbocycles. The third kappa shape index (κ3) is 8.41. The minimum absolute atomic E-state index is 0.0361. The summed E-state index contributed by atoms with van der Waals surface area (Å²) in [6.45, 7) is 8.98. The van der Waals surface area contributed by atoms with Crippen molar-refractivity contribution in [3.8, 4) is 0 Å². The van der Waals surface area contributed by atoms with Crippen molar-refractivity contribution < 1.29 is 22.7 Å². The molecule has 0 unspecified atom stereocenters. The topological polar surface area (TPSA) is 70.6 Å². The Kier molecular flexibility index (Phi) is 8.74. The number of hydrogen-bond acceptors (Lipinski definition) is 6. The van der Waals surface area contributed by atoms with Crippen LogP contribution in [0.25, 0.3) is 0 Å². The van der Waals surface area contributed by atoms with Crippen LogP contribution in [0.15, 0.2) is 60.8 Å². The maximum Gasteiger partial charge on any atom is 0.419 e. The van der Waals surface area contributed by atoms with Gasteiger partial charge >= 0.3 is 12.3 Å². The van der Waals surface area contributed by atoms with Crippen molar-refractivity contribution in [1.29, 1.82) is 0 Å². The molecule has 1 saturated heterocycles. The van der Waals surface area contributed by atoms with E-state index in [4.69, 9.17) is 4.74 Å². The standard InChI is InChI=1S/C29H34F3N5O2/c1-28(2,3)39-27(38)37-17-15-36(16-18-37)20-22-9-12-23(13-10-22)34-26-33-19-24(29(30,31)32)25(35-26)14-11-21-7-5-4-6-8-21/h4-10,12-13,19H,11,14-18,20H2,1-3H3,(H,33,34,35). The van der Waals surface area contributed by atoms with Crippen LogP contribution in [0.1, 0.15) is 43.2 Å². The van der Waals surface area contributed by atoms with E-state index in [2.05, 4.69) is 20.2 Å². The van der Waals surface area contributed by atoms with Crippen LogP contribution in [0.3, 0.4) is 0 Å². The number of halogens is 3. The number of carbonyl (C=O) groups excluding carboxylic acids is 1. The van der Waals surface area contributed by atoms with E-state index in [9.17, 15) is 18.0 Å². The smallest absolute Gasteiger partial charge is 0.419 e. The summed E-state index contributed by atoms with van der Waals surface area (Å²) in [7, 11) is 0. The molecule has 0 atom stereocenters. The van der Waals surface area contributed by atoms with E-state index in [0.717, 1.165) is 37.0 Å². The number of hydrogen-bond donors (Lipinski definition) is 1. The van der Waals surface area contributed by atoms with Gasteiger partial charge in [0.05, 0.1) is 11.3 Å². The number of alkyl halides is 3. The summed E-state index contributed by atoms with van der Waals surface area (Å²) in [5.74, 6) is 0.122. The van der Waals surface area contributed by atoms with Gasteiger partial charge in [0.25, 0.3) is 0 Å². The molecule has 1 aliphatic rings. The molecule has 1 aromatic heterocycles. The first-order valence-corrected chi connectivity index (χ1v) is 13.0. The van der Waals surface area contributed by atoms with E-state index in [1.807, 2.05) is 75.4 Å². The summed E-state index contributed by atoms with van der Waals surface area (Å²) < 4.78 is 46.2. The van der Waals surface area contributed by atoms with Gasteiger partial charge < -0.3 is 15.0 Å². The number of ether oxygens (including phenoxy) is 1. The van der Waals surface area contributed by atoms with Crippen LogP contribution in [-0.4, -0.2) is 57.6 Å². The number of aryl methyl sites for hydroxylation is 2. The van der Waals surface area contributed by atoms with Gasteiger partial charge in [0.1, 0.15) is 5.60 Å². The van der Waals surface area contributed by atoms with Crippen LogP contribution >= 0.6 is 0 Å². The lowest BCUT2D eigenvalue weighted by molar-refractivity contribution is -0.138. The molecular weight excluding hydrogens is 507 g/mol. The fourth-order valence-electron chi connectivity index (χ4n) is 4.31. The number of aromatic nitrogens is 2. The molecule has 3 aromatic rings. The van der Waals surface area contributed by atoms with Crippen LogP contribution in [0.4, 0.5) is 29.6 Å². The highest BCUT2D eigenvalue weighted by Gasteiger charge is 2.35. The van der Waals surface area contributed by atoms with Crippen molar-refractivity contribution in [3.63, 3.8) is 0 Å². The Balaban J connectivity index is 1.34. The molecule has 2 aromatic carbocycles. The first kappa shape index (κ1) is 28.4. The third-order valence-electron chi connectivity index (χ3n) is 6.31. The number of nitrogens with one attached hydrogen (secondary N) is 1. The molecular formula is C29H34F3N5O2. The molecule has 10 heteroatoms. The lowest BCUT2D eigenvalue weighted by atomic mass is 10.1. The maximum atomic E-state index is 13.6. The number of benzene rings is 2. The van der Waals surface area contributed by atoms with Crippen molar-refractivity contribution in [2.24, 2.45) is 0 Å². The van der Waals surface area contributed by atoms with Crippen molar-refractivity contribution >= 4 is 17.7 Å². The number of carbonyl (C=O) groups is 1. The molecule has 1 N–H and O–H groups in total. The minimum Gasteiger partial charge on any atom is -0.444 e. The minimum atomic E-state index is -4.52. The molecule has 0 bridgehead atoms. The number of piperazine rings is 1. The summed E-state index contributed by atoms with van der Waals surface area (Å²) in [6.07, 6.45) is -3.37. The van der Waals surface area contributed by atoms with Gasteiger partial charge in [0.2, 0.25) is 5.95 Å². The fourth-order valence-corrected chi connectivity index (χ4v) is 4.31. The van der Waals surface area contributed by atoms with E-state index in [0.29, 0.717) is 25.2 Å². The summed E-state index contributed by atoms with van der Waals surface area (Å²) in [4.78, 5) is 24.4. The van der Waals surface area contributed by atoms with Crippen LogP contribution in [0.5, 0.6) is 0 Å². The third-order valence-corrected chi connectivity index (χ3v) is 6.31. The zero-order valence-corrected chi connectivity index (χ0v) is 22.5. The number of rotatable bonds is 7. The maximum absolute atomic E-state index is 13.6. The van der Waals surface area contributed by atoms with Crippen LogP contribution in [-0.2, 0) is 30.3 Å². The van der Waals surface area contributed by atoms with E-state index >= 15 is 0 Å². The largest absolute Gasteiger partial charge is 0.444 e. The highest BCUT2D eigenvalue weighted by atomic mass is 19.4.